The molecule has 0 atom stereocenters. The molecule has 0 saturated heterocycles. The Morgan fingerprint density at radius 1 is 1.35 bits per heavy atom. The van der Waals surface area contributed by atoms with Gasteiger partial charge in [0.1, 0.15) is 16.7 Å². The van der Waals surface area contributed by atoms with Crippen LogP contribution in [0.2, 0.25) is 0 Å². The summed E-state index contributed by atoms with van der Waals surface area (Å²) in [5.41, 5.74) is 3.14. The van der Waals surface area contributed by atoms with Gasteiger partial charge >= 0.3 is 0 Å². The topological polar surface area (TPSA) is 83.0 Å². The minimum absolute atomic E-state index is 0.175. The number of fused-ring (bicyclic) bond motifs is 2. The van der Waals surface area contributed by atoms with Crippen LogP contribution in [0.4, 0.5) is 11.5 Å². The highest BCUT2D eigenvalue weighted by Crippen LogP contribution is 2.37. The highest BCUT2D eigenvalue weighted by molar-refractivity contribution is 14.1. The number of hydrogen-bond acceptors (Lipinski definition) is 7. The lowest BCUT2D eigenvalue weighted by Crippen LogP contribution is -2.30. The molecule has 0 aliphatic carbocycles. The van der Waals surface area contributed by atoms with E-state index in [1.165, 1.54) is 20.5 Å². The molecule has 0 fully saturated rings. The third-order valence-electron chi connectivity index (χ3n) is 4.22. The zero-order chi connectivity index (χ0) is 18.1. The Labute approximate surface area is 168 Å². The van der Waals surface area contributed by atoms with Gasteiger partial charge in [0.05, 0.1) is 0 Å². The predicted molar refractivity (Wildman–Crippen MR) is 111 cm³/mol. The lowest BCUT2D eigenvalue weighted by Gasteiger charge is -2.18. The molecule has 0 radical (unpaired) electrons. The number of carbonyl (C=O) groups excluding carboxylic acids is 1. The molecular formula is C17H17IN6OS. The molecule has 2 N–H and O–H groups in total. The van der Waals surface area contributed by atoms with Crippen molar-refractivity contribution in [3.05, 3.63) is 38.7 Å². The van der Waals surface area contributed by atoms with E-state index >= 15 is 0 Å². The van der Waals surface area contributed by atoms with Gasteiger partial charge in [-0.25, -0.2) is 15.0 Å². The molecule has 3 aromatic rings. The standard InChI is InChI=1S/C17H17IN6OS/c1-19-5-6-20-15(25)17-23-13-14(21-9-22-16(13)26-17)24-7-4-10-8-11(18)2-3-12(10)24/h2-3,8-9,19H,4-7H2,1H3,(H,20,25). The Morgan fingerprint density at radius 2 is 2.23 bits per heavy atom. The summed E-state index contributed by atoms with van der Waals surface area (Å²) in [5.74, 6) is 0.589. The van der Waals surface area contributed by atoms with E-state index in [0.29, 0.717) is 23.6 Å². The number of amides is 1. The van der Waals surface area contributed by atoms with Crippen LogP contribution in [0.3, 0.4) is 0 Å². The number of nitrogens with zero attached hydrogens (tertiary/aromatic N) is 4. The van der Waals surface area contributed by atoms with Crippen LogP contribution >= 0.6 is 33.9 Å². The van der Waals surface area contributed by atoms with E-state index in [1.54, 1.807) is 6.33 Å². The molecule has 0 spiro atoms. The van der Waals surface area contributed by atoms with Crippen LogP contribution in [0.25, 0.3) is 10.3 Å². The molecule has 0 saturated carbocycles. The fourth-order valence-electron chi connectivity index (χ4n) is 3.00. The number of benzene rings is 1. The normalized spacial score (nSPS) is 13.2. The Balaban J connectivity index is 1.68. The number of carbonyl (C=O) groups is 1. The Hall–Kier alpha value is -1.85. The molecule has 26 heavy (non-hydrogen) atoms. The molecule has 9 heteroatoms. The van der Waals surface area contributed by atoms with Gasteiger partial charge in [0, 0.05) is 28.9 Å². The van der Waals surface area contributed by atoms with Crippen LogP contribution < -0.4 is 15.5 Å². The van der Waals surface area contributed by atoms with Crippen LogP contribution in [-0.2, 0) is 6.42 Å². The number of anilines is 2. The summed E-state index contributed by atoms with van der Waals surface area (Å²) in [4.78, 5) is 28.5. The van der Waals surface area contributed by atoms with Gasteiger partial charge in [-0.15, -0.1) is 0 Å². The van der Waals surface area contributed by atoms with Crippen LogP contribution in [0.5, 0.6) is 0 Å². The minimum atomic E-state index is -0.175. The summed E-state index contributed by atoms with van der Waals surface area (Å²) in [5, 5.41) is 6.27. The van der Waals surface area contributed by atoms with Crippen molar-refractivity contribution in [1.29, 1.82) is 0 Å². The summed E-state index contributed by atoms with van der Waals surface area (Å²) < 4.78 is 1.23. The Bertz CT molecular complexity index is 975. The number of halogens is 1. The van der Waals surface area contributed by atoms with Gasteiger partial charge < -0.3 is 15.5 Å². The monoisotopic (exact) mass is 480 g/mol. The molecular weight excluding hydrogens is 463 g/mol. The summed E-state index contributed by atoms with van der Waals surface area (Å²) >= 11 is 3.63. The van der Waals surface area contributed by atoms with E-state index in [2.05, 4.69) is 71.3 Å². The van der Waals surface area contributed by atoms with E-state index in [1.807, 2.05) is 7.05 Å². The van der Waals surface area contributed by atoms with E-state index in [-0.39, 0.29) is 5.91 Å². The van der Waals surface area contributed by atoms with Gasteiger partial charge in [-0.05, 0) is 59.8 Å². The predicted octanol–water partition coefficient (Wildman–Crippen LogP) is 2.33. The smallest absolute Gasteiger partial charge is 0.280 e. The Morgan fingerprint density at radius 3 is 3.08 bits per heavy atom. The van der Waals surface area contributed by atoms with E-state index < -0.39 is 0 Å². The van der Waals surface area contributed by atoms with Crippen molar-refractivity contribution in [2.24, 2.45) is 0 Å². The molecule has 2 aromatic heterocycles. The molecule has 3 heterocycles. The molecule has 4 rings (SSSR count). The SMILES string of the molecule is CNCCNC(=O)c1nc2c(N3CCc4cc(I)ccc43)ncnc2s1. The van der Waals surface area contributed by atoms with Crippen molar-refractivity contribution in [1.82, 2.24) is 25.6 Å². The summed E-state index contributed by atoms with van der Waals surface area (Å²) in [7, 11) is 1.85. The molecule has 1 aliphatic heterocycles. The largest absolute Gasteiger partial charge is 0.349 e. The zero-order valence-corrected chi connectivity index (χ0v) is 17.1. The third-order valence-corrected chi connectivity index (χ3v) is 5.86. The maximum Gasteiger partial charge on any atom is 0.280 e. The zero-order valence-electron chi connectivity index (χ0n) is 14.1. The van der Waals surface area contributed by atoms with Crippen molar-refractivity contribution in [3.8, 4) is 0 Å². The molecule has 0 bridgehead atoms. The van der Waals surface area contributed by atoms with Crippen LogP contribution in [0, 0.1) is 3.57 Å². The number of rotatable bonds is 5. The lowest BCUT2D eigenvalue weighted by molar-refractivity contribution is 0.0954. The van der Waals surface area contributed by atoms with E-state index in [4.69, 9.17) is 0 Å². The molecule has 0 unspecified atom stereocenters. The highest BCUT2D eigenvalue weighted by Gasteiger charge is 2.25. The molecule has 1 aromatic carbocycles. The number of nitrogens with one attached hydrogen (secondary N) is 2. The molecule has 1 amide bonds. The first kappa shape index (κ1) is 17.6. The second-order valence-electron chi connectivity index (χ2n) is 5.90. The van der Waals surface area contributed by atoms with E-state index in [0.717, 1.165) is 29.3 Å². The maximum absolute atomic E-state index is 12.3. The van der Waals surface area contributed by atoms with Crippen molar-refractivity contribution >= 4 is 61.7 Å². The van der Waals surface area contributed by atoms with Gasteiger partial charge in [0.15, 0.2) is 10.8 Å². The van der Waals surface area contributed by atoms with Crippen LogP contribution in [-0.4, -0.2) is 47.5 Å². The number of thiazole rings is 1. The highest BCUT2D eigenvalue weighted by atomic mass is 127. The third kappa shape index (κ3) is 3.26. The quantitative estimate of drug-likeness (QED) is 0.431. The lowest BCUT2D eigenvalue weighted by atomic mass is 10.2. The second kappa shape index (κ2) is 7.41. The van der Waals surface area contributed by atoms with Crippen molar-refractivity contribution in [3.63, 3.8) is 0 Å². The first-order chi connectivity index (χ1) is 12.7. The van der Waals surface area contributed by atoms with Crippen LogP contribution in [0.1, 0.15) is 15.4 Å². The van der Waals surface area contributed by atoms with Gasteiger partial charge in [-0.3, -0.25) is 4.79 Å². The second-order valence-corrected chi connectivity index (χ2v) is 8.13. The van der Waals surface area contributed by atoms with Gasteiger partial charge in [0.25, 0.3) is 5.91 Å². The van der Waals surface area contributed by atoms with E-state index in [9.17, 15) is 4.79 Å². The van der Waals surface area contributed by atoms with Crippen molar-refractivity contribution in [2.45, 2.75) is 6.42 Å². The maximum atomic E-state index is 12.3. The van der Waals surface area contributed by atoms with Crippen molar-refractivity contribution in [2.75, 3.05) is 31.6 Å². The summed E-state index contributed by atoms with van der Waals surface area (Å²) in [6.45, 7) is 2.12. The summed E-state index contributed by atoms with van der Waals surface area (Å²) in [6, 6.07) is 6.42. The minimum Gasteiger partial charge on any atom is -0.349 e. The first-order valence-corrected chi connectivity index (χ1v) is 10.2. The molecule has 1 aliphatic rings. The fourth-order valence-corrected chi connectivity index (χ4v) is 4.38. The average Bonchev–Trinajstić information content (AvgIpc) is 3.25. The fraction of sp³-hybridized carbons (Fsp3) is 0.294. The molecule has 134 valence electrons. The van der Waals surface area contributed by atoms with Crippen molar-refractivity contribution < 1.29 is 4.79 Å². The Kier molecular flexibility index (Phi) is 5.00. The number of aromatic nitrogens is 3. The van der Waals surface area contributed by atoms with Gasteiger partial charge in [-0.1, -0.05) is 11.3 Å². The summed E-state index contributed by atoms with van der Waals surface area (Å²) in [6.07, 6.45) is 2.52. The molecule has 7 nitrogen and oxygen atoms in total. The van der Waals surface area contributed by atoms with Gasteiger partial charge in [-0.2, -0.15) is 0 Å². The first-order valence-electron chi connectivity index (χ1n) is 8.27. The number of hydrogen-bond donors (Lipinski definition) is 2. The van der Waals surface area contributed by atoms with Crippen LogP contribution in [0.15, 0.2) is 24.5 Å². The van der Waals surface area contributed by atoms with Gasteiger partial charge in [0.2, 0.25) is 0 Å². The average molecular weight is 480 g/mol. The number of likely N-dealkylation sites (N-methyl/N-ethyl adjacent to an activating group) is 1.